The van der Waals surface area contributed by atoms with Gasteiger partial charge in [-0.25, -0.2) is 9.78 Å². The van der Waals surface area contributed by atoms with Crippen molar-refractivity contribution in [1.82, 2.24) is 4.98 Å². The van der Waals surface area contributed by atoms with Gasteiger partial charge in [0, 0.05) is 22.1 Å². The summed E-state index contributed by atoms with van der Waals surface area (Å²) in [4.78, 5) is 16.2. The number of alkyl halides is 3. The maximum Gasteiger partial charge on any atom is 0.433 e. The Morgan fingerprint density at radius 2 is 2.07 bits per heavy atom. The van der Waals surface area contributed by atoms with E-state index in [1.165, 1.54) is 18.3 Å². The number of rotatable bonds is 3. The van der Waals surface area contributed by atoms with Crippen LogP contribution in [0.3, 0.4) is 0 Å². The number of nitrogens with one attached hydrogen (secondary N) is 1. The molecule has 4 N–H and O–H groups in total. The van der Waals surface area contributed by atoms with Gasteiger partial charge in [-0.3, -0.25) is 5.14 Å². The van der Waals surface area contributed by atoms with Crippen LogP contribution in [0.5, 0.6) is 0 Å². The van der Waals surface area contributed by atoms with Crippen molar-refractivity contribution in [2.75, 3.05) is 5.32 Å². The molecule has 2 heterocycles. The summed E-state index contributed by atoms with van der Waals surface area (Å²) in [6.07, 6.45) is -2.94. The van der Waals surface area contributed by atoms with Crippen molar-refractivity contribution in [3.63, 3.8) is 0 Å². The number of amides is 2. The van der Waals surface area contributed by atoms with Gasteiger partial charge in [0.1, 0.15) is 5.69 Å². The van der Waals surface area contributed by atoms with Crippen molar-refractivity contribution in [3.8, 4) is 0 Å². The third-order valence-electron chi connectivity index (χ3n) is 4.64. The summed E-state index contributed by atoms with van der Waals surface area (Å²) < 4.78 is 44.5. The molecule has 0 saturated heterocycles. The number of thiophene rings is 1. The Balaban J connectivity index is 1.90. The van der Waals surface area contributed by atoms with E-state index in [0.29, 0.717) is 40.3 Å². The average molecular weight is 447 g/mol. The lowest BCUT2D eigenvalue weighted by Gasteiger charge is -2.17. The smallest absolute Gasteiger partial charge is 0.386 e. The highest BCUT2D eigenvalue weighted by Gasteiger charge is 2.37. The molecule has 0 fully saturated rings. The molecule has 0 spiro atoms. The number of fused-ring (bicyclic) bond motifs is 1. The predicted octanol–water partition coefficient (Wildman–Crippen LogP) is 4.45. The number of pyridine rings is 1. The lowest BCUT2D eigenvalue weighted by molar-refractivity contribution is -0.141. The quantitative estimate of drug-likeness (QED) is 0.648. The molecule has 158 valence electrons. The number of hydrogen-bond acceptors (Lipinski definition) is 4. The summed E-state index contributed by atoms with van der Waals surface area (Å²) in [5.41, 5.74) is -0.423. The Kier molecular flexibility index (Phi) is 5.87. The Hall–Kier alpha value is -1.82. The summed E-state index contributed by atoms with van der Waals surface area (Å²) >= 11 is 1.26. The van der Waals surface area contributed by atoms with Crippen LogP contribution < -0.4 is 10.5 Å². The highest BCUT2D eigenvalue weighted by atomic mass is 32.2. The van der Waals surface area contributed by atoms with E-state index in [2.05, 4.69) is 14.7 Å². The molecule has 1 atom stereocenters. The number of carbonyl (C=O) groups is 1. The van der Waals surface area contributed by atoms with E-state index in [1.54, 1.807) is 25.3 Å². The molecular weight excluding hydrogens is 425 g/mol. The van der Waals surface area contributed by atoms with Gasteiger partial charge >= 0.3 is 12.2 Å². The first-order chi connectivity index (χ1) is 13.4. The Morgan fingerprint density at radius 3 is 2.66 bits per heavy atom. The summed E-state index contributed by atoms with van der Waals surface area (Å²) in [5, 5.41) is 20.3. The molecule has 1 aliphatic carbocycles. The van der Waals surface area contributed by atoms with Gasteiger partial charge in [0.25, 0.3) is 0 Å². The second-order valence-electron chi connectivity index (χ2n) is 7.29. The number of aryl methyl sites for hydroxylation is 1. The number of urea groups is 1. The van der Waals surface area contributed by atoms with Crippen molar-refractivity contribution in [1.29, 1.82) is 0 Å². The molecule has 0 aromatic carbocycles. The molecule has 0 aliphatic heterocycles. The highest BCUT2D eigenvalue weighted by Crippen LogP contribution is 2.38. The van der Waals surface area contributed by atoms with Gasteiger partial charge in [0.2, 0.25) is 0 Å². The van der Waals surface area contributed by atoms with Gasteiger partial charge in [0.05, 0.1) is 15.5 Å². The maximum absolute atomic E-state index is 13.3. The van der Waals surface area contributed by atoms with E-state index in [-0.39, 0.29) is 11.3 Å². The summed E-state index contributed by atoms with van der Waals surface area (Å²) in [7, 11) is -1.30. The van der Waals surface area contributed by atoms with Crippen LogP contribution in [0.4, 0.5) is 23.7 Å². The van der Waals surface area contributed by atoms with Crippen LogP contribution in [0.15, 0.2) is 20.0 Å². The topological polar surface area (TPSA) is 101 Å². The van der Waals surface area contributed by atoms with Crippen LogP contribution in [0.25, 0.3) is 0 Å². The molecule has 2 amide bonds. The Bertz CT molecular complexity index is 994. The number of hydrogen-bond donors (Lipinski definition) is 3. The Morgan fingerprint density at radius 1 is 1.38 bits per heavy atom. The molecule has 3 rings (SSSR count). The number of nitrogens with zero attached hydrogens (tertiary/aromatic N) is 2. The normalized spacial score (nSPS) is 15.4. The van der Waals surface area contributed by atoms with Crippen molar-refractivity contribution in [3.05, 3.63) is 39.5 Å². The molecule has 2 aromatic heterocycles. The number of aromatic nitrogens is 1. The fraction of sp³-hybridized carbons (Fsp3) is 0.444. The molecular formula is C18H21F3N4O2S2. The number of carbonyl (C=O) groups excluding carboxylic acids is 1. The standard InChI is InChI=1S/C18H21F3N4O2S2/c1-9-14(11-5-4-6-12(11)23-15(9)18(19,20)21)24-16(26)25-29(22)13-7-10(8-28-13)17(2,3)27/h7-8,27H,4-6H2,1-3H3,(H3,22,23,24,25,26). The van der Waals surface area contributed by atoms with E-state index in [1.807, 2.05) is 0 Å². The first-order valence-corrected chi connectivity index (χ1v) is 10.9. The van der Waals surface area contributed by atoms with Crippen molar-refractivity contribution in [2.24, 2.45) is 9.50 Å². The molecule has 6 nitrogen and oxygen atoms in total. The zero-order chi connectivity index (χ0) is 21.6. The fourth-order valence-electron chi connectivity index (χ4n) is 3.14. The molecule has 11 heteroatoms. The SMILES string of the molecule is Cc1c(C(F)(F)F)nc2c(c1NC(=O)/N=S(/N)c1cc(C(C)(C)O)cs1)CCC2. The van der Waals surface area contributed by atoms with E-state index < -0.39 is 34.4 Å². The molecule has 29 heavy (non-hydrogen) atoms. The van der Waals surface area contributed by atoms with E-state index in [4.69, 9.17) is 5.14 Å². The average Bonchev–Trinajstić information content (AvgIpc) is 3.24. The zero-order valence-electron chi connectivity index (χ0n) is 16.1. The van der Waals surface area contributed by atoms with Gasteiger partial charge in [-0.15, -0.1) is 11.3 Å². The fourth-order valence-corrected chi connectivity index (χ4v) is 5.15. The lowest BCUT2D eigenvalue weighted by atomic mass is 10.0. The number of nitrogens with two attached hydrogens (primary N) is 1. The van der Waals surface area contributed by atoms with Gasteiger partial charge in [-0.2, -0.15) is 17.5 Å². The van der Waals surface area contributed by atoms with E-state index in [0.717, 1.165) is 0 Å². The highest BCUT2D eigenvalue weighted by molar-refractivity contribution is 7.87. The molecule has 0 saturated carbocycles. The first-order valence-electron chi connectivity index (χ1n) is 8.80. The van der Waals surface area contributed by atoms with E-state index >= 15 is 0 Å². The third-order valence-corrected chi connectivity index (χ3v) is 7.05. The monoisotopic (exact) mass is 446 g/mol. The Labute approximate surface area is 172 Å². The van der Waals surface area contributed by atoms with Crippen LogP contribution in [0.2, 0.25) is 0 Å². The van der Waals surface area contributed by atoms with Gasteiger partial charge < -0.3 is 10.4 Å². The summed E-state index contributed by atoms with van der Waals surface area (Å²) in [6.45, 7) is 4.55. The van der Waals surface area contributed by atoms with Crippen molar-refractivity contribution >= 4 is 33.9 Å². The largest absolute Gasteiger partial charge is 0.433 e. The van der Waals surface area contributed by atoms with Gasteiger partial charge in [0.15, 0.2) is 0 Å². The minimum absolute atomic E-state index is 0.119. The van der Waals surface area contributed by atoms with Crippen LogP contribution in [-0.4, -0.2) is 16.1 Å². The maximum atomic E-state index is 13.3. The molecule has 0 radical (unpaired) electrons. The second-order valence-corrected chi connectivity index (χ2v) is 9.71. The summed E-state index contributed by atoms with van der Waals surface area (Å²) in [5.74, 6) is 0. The minimum Gasteiger partial charge on any atom is -0.386 e. The van der Waals surface area contributed by atoms with Crippen molar-refractivity contribution in [2.45, 2.75) is 56.0 Å². The number of aliphatic hydroxyl groups is 1. The van der Waals surface area contributed by atoms with Gasteiger partial charge in [-0.1, -0.05) is 0 Å². The van der Waals surface area contributed by atoms with Crippen LogP contribution >= 0.6 is 11.3 Å². The molecule has 1 unspecified atom stereocenters. The van der Waals surface area contributed by atoms with Crippen LogP contribution in [-0.2, 0) is 35.5 Å². The van der Waals surface area contributed by atoms with Crippen molar-refractivity contribution < 1.29 is 23.1 Å². The summed E-state index contributed by atoms with van der Waals surface area (Å²) in [6, 6.07) is 0.854. The van der Waals surface area contributed by atoms with Crippen LogP contribution in [0, 0.1) is 6.92 Å². The van der Waals surface area contributed by atoms with Gasteiger partial charge in [-0.05, 0) is 62.6 Å². The molecule has 0 bridgehead atoms. The third kappa shape index (κ3) is 4.68. The lowest BCUT2D eigenvalue weighted by Crippen LogP contribution is -2.18. The number of halogens is 3. The second kappa shape index (κ2) is 7.78. The first kappa shape index (κ1) is 21.9. The zero-order valence-corrected chi connectivity index (χ0v) is 17.7. The molecule has 2 aromatic rings. The minimum atomic E-state index is -4.61. The molecule has 1 aliphatic rings. The number of anilines is 1. The van der Waals surface area contributed by atoms with E-state index in [9.17, 15) is 23.1 Å². The van der Waals surface area contributed by atoms with Crippen LogP contribution in [0.1, 0.15) is 48.3 Å². The predicted molar refractivity (Wildman–Crippen MR) is 107 cm³/mol.